The van der Waals surface area contributed by atoms with E-state index in [1.807, 2.05) is 0 Å². The molecule has 0 saturated carbocycles. The first-order valence-electron chi connectivity index (χ1n) is 8.05. The van der Waals surface area contributed by atoms with Crippen molar-refractivity contribution in [3.05, 3.63) is 11.4 Å². The molecule has 118 valence electrons. The zero-order valence-corrected chi connectivity index (χ0v) is 14.5. The Bertz CT molecular complexity index is 456. The summed E-state index contributed by atoms with van der Waals surface area (Å²) < 4.78 is 0. The van der Waals surface area contributed by atoms with Gasteiger partial charge in [0, 0.05) is 24.6 Å². The van der Waals surface area contributed by atoms with Gasteiger partial charge in [-0.05, 0) is 37.2 Å². The van der Waals surface area contributed by atoms with Crippen molar-refractivity contribution in [2.75, 3.05) is 35.2 Å². The summed E-state index contributed by atoms with van der Waals surface area (Å²) in [5.74, 6) is 6.60. The van der Waals surface area contributed by atoms with Crippen LogP contribution >= 0.6 is 11.8 Å². The second kappa shape index (κ2) is 7.87. The molecule has 1 unspecified atom stereocenters. The lowest BCUT2D eigenvalue weighted by atomic mass is 10.1. The normalized spacial score (nSPS) is 18.2. The van der Waals surface area contributed by atoms with Crippen molar-refractivity contribution in [1.29, 1.82) is 0 Å². The molecule has 0 aromatic carbocycles. The molecule has 0 spiro atoms. The average molecular weight is 308 g/mol. The second-order valence-corrected chi connectivity index (χ2v) is 7.25. The van der Waals surface area contributed by atoms with E-state index in [-0.39, 0.29) is 0 Å². The molecule has 1 aromatic rings. The summed E-state index contributed by atoms with van der Waals surface area (Å²) in [7, 11) is 0. The molecule has 1 atom stereocenters. The van der Waals surface area contributed by atoms with Crippen LogP contribution in [0.3, 0.4) is 0 Å². The van der Waals surface area contributed by atoms with E-state index in [9.17, 15) is 0 Å². The molecule has 1 aliphatic rings. The van der Waals surface area contributed by atoms with E-state index in [1.165, 1.54) is 17.9 Å². The number of anilines is 2. The first kappa shape index (κ1) is 16.4. The SMILES string of the molecule is CCCNc1nc(C(C)C)nc(NCC2CCSC2)c1C. The van der Waals surface area contributed by atoms with Crippen molar-refractivity contribution in [1.82, 2.24) is 9.97 Å². The highest BCUT2D eigenvalue weighted by Crippen LogP contribution is 2.26. The van der Waals surface area contributed by atoms with Crippen LogP contribution in [0.1, 0.15) is 50.9 Å². The zero-order chi connectivity index (χ0) is 15.2. The molecule has 1 fully saturated rings. The topological polar surface area (TPSA) is 49.8 Å². The van der Waals surface area contributed by atoms with Crippen molar-refractivity contribution in [2.24, 2.45) is 5.92 Å². The first-order chi connectivity index (χ1) is 10.1. The molecule has 5 heteroatoms. The van der Waals surface area contributed by atoms with Crippen molar-refractivity contribution in [3.63, 3.8) is 0 Å². The Labute approximate surface area is 132 Å². The highest BCUT2D eigenvalue weighted by Gasteiger charge is 2.17. The summed E-state index contributed by atoms with van der Waals surface area (Å²) in [5, 5.41) is 6.99. The molecule has 0 radical (unpaired) electrons. The minimum absolute atomic E-state index is 0.343. The van der Waals surface area contributed by atoms with Gasteiger partial charge in [0.05, 0.1) is 0 Å². The van der Waals surface area contributed by atoms with Crippen LogP contribution in [-0.4, -0.2) is 34.6 Å². The molecule has 0 bridgehead atoms. The van der Waals surface area contributed by atoms with Gasteiger partial charge in [-0.1, -0.05) is 20.8 Å². The molecule has 2 rings (SSSR count). The lowest BCUT2D eigenvalue weighted by Gasteiger charge is -2.17. The van der Waals surface area contributed by atoms with Gasteiger partial charge in [0.25, 0.3) is 0 Å². The Morgan fingerprint density at radius 3 is 2.52 bits per heavy atom. The lowest BCUT2D eigenvalue weighted by molar-refractivity contribution is 0.629. The largest absolute Gasteiger partial charge is 0.370 e. The average Bonchev–Trinajstić information content (AvgIpc) is 2.98. The summed E-state index contributed by atoms with van der Waals surface area (Å²) in [6, 6.07) is 0. The minimum Gasteiger partial charge on any atom is -0.370 e. The fourth-order valence-electron chi connectivity index (χ4n) is 2.37. The molecule has 4 nitrogen and oxygen atoms in total. The van der Waals surface area contributed by atoms with Crippen molar-refractivity contribution in [2.45, 2.75) is 46.5 Å². The number of nitrogens with one attached hydrogen (secondary N) is 2. The quantitative estimate of drug-likeness (QED) is 0.800. The van der Waals surface area contributed by atoms with Gasteiger partial charge >= 0.3 is 0 Å². The zero-order valence-electron chi connectivity index (χ0n) is 13.7. The van der Waals surface area contributed by atoms with Crippen molar-refractivity contribution >= 4 is 23.4 Å². The molecular formula is C16H28N4S. The third-order valence-corrected chi connectivity index (χ3v) is 5.04. The standard InChI is InChI=1S/C16H28N4S/c1-5-7-17-15-12(4)16(20-14(19-15)11(2)3)18-9-13-6-8-21-10-13/h11,13H,5-10H2,1-4H3,(H2,17,18,19,20). The second-order valence-electron chi connectivity index (χ2n) is 6.10. The maximum absolute atomic E-state index is 4.73. The molecule has 2 heterocycles. The number of thioether (sulfide) groups is 1. The number of hydrogen-bond donors (Lipinski definition) is 2. The summed E-state index contributed by atoms with van der Waals surface area (Å²) in [5.41, 5.74) is 1.14. The van der Waals surface area contributed by atoms with Crippen LogP contribution in [-0.2, 0) is 0 Å². The molecule has 1 aliphatic heterocycles. The number of rotatable bonds is 7. The van der Waals surface area contributed by atoms with E-state index in [1.54, 1.807) is 0 Å². The van der Waals surface area contributed by atoms with E-state index < -0.39 is 0 Å². The van der Waals surface area contributed by atoms with Crippen LogP contribution in [0.25, 0.3) is 0 Å². The Morgan fingerprint density at radius 1 is 1.24 bits per heavy atom. The third-order valence-electron chi connectivity index (χ3n) is 3.80. The predicted molar refractivity (Wildman–Crippen MR) is 93.6 cm³/mol. The molecule has 1 saturated heterocycles. The maximum Gasteiger partial charge on any atom is 0.135 e. The van der Waals surface area contributed by atoms with Crippen LogP contribution < -0.4 is 10.6 Å². The van der Waals surface area contributed by atoms with Crippen LogP contribution in [0.15, 0.2) is 0 Å². The number of nitrogens with zero attached hydrogens (tertiary/aromatic N) is 2. The van der Waals surface area contributed by atoms with Gasteiger partial charge in [-0.2, -0.15) is 11.8 Å². The van der Waals surface area contributed by atoms with E-state index >= 15 is 0 Å². The van der Waals surface area contributed by atoms with Gasteiger partial charge in [0.1, 0.15) is 17.5 Å². The monoisotopic (exact) mass is 308 g/mol. The summed E-state index contributed by atoms with van der Waals surface area (Å²) in [4.78, 5) is 9.42. The third kappa shape index (κ3) is 4.50. The Balaban J connectivity index is 2.14. The fourth-order valence-corrected chi connectivity index (χ4v) is 3.65. The Kier molecular flexibility index (Phi) is 6.15. The molecule has 0 amide bonds. The molecule has 0 aliphatic carbocycles. The van der Waals surface area contributed by atoms with Crippen LogP contribution in [0.2, 0.25) is 0 Å². The predicted octanol–water partition coefficient (Wildman–Crippen LogP) is 3.90. The number of aromatic nitrogens is 2. The molecular weight excluding hydrogens is 280 g/mol. The summed E-state index contributed by atoms with van der Waals surface area (Å²) in [6.45, 7) is 10.5. The van der Waals surface area contributed by atoms with Gasteiger partial charge in [0.15, 0.2) is 0 Å². The highest BCUT2D eigenvalue weighted by atomic mass is 32.2. The van der Waals surface area contributed by atoms with E-state index in [4.69, 9.17) is 4.98 Å². The highest BCUT2D eigenvalue weighted by molar-refractivity contribution is 7.99. The van der Waals surface area contributed by atoms with E-state index in [2.05, 4.69) is 55.1 Å². The van der Waals surface area contributed by atoms with Gasteiger partial charge in [-0.25, -0.2) is 9.97 Å². The molecule has 1 aromatic heterocycles. The van der Waals surface area contributed by atoms with Crippen molar-refractivity contribution < 1.29 is 0 Å². The maximum atomic E-state index is 4.73. The number of hydrogen-bond acceptors (Lipinski definition) is 5. The van der Waals surface area contributed by atoms with Crippen LogP contribution in [0, 0.1) is 12.8 Å². The minimum atomic E-state index is 0.343. The fraction of sp³-hybridized carbons (Fsp3) is 0.750. The van der Waals surface area contributed by atoms with Gasteiger partial charge < -0.3 is 10.6 Å². The van der Waals surface area contributed by atoms with Gasteiger partial charge in [0.2, 0.25) is 0 Å². The summed E-state index contributed by atoms with van der Waals surface area (Å²) >= 11 is 2.06. The lowest BCUT2D eigenvalue weighted by Crippen LogP contribution is -2.17. The van der Waals surface area contributed by atoms with Crippen LogP contribution in [0.5, 0.6) is 0 Å². The molecule has 2 N–H and O–H groups in total. The smallest absolute Gasteiger partial charge is 0.135 e. The van der Waals surface area contributed by atoms with E-state index in [0.717, 1.165) is 48.5 Å². The first-order valence-corrected chi connectivity index (χ1v) is 9.21. The van der Waals surface area contributed by atoms with Crippen LogP contribution in [0.4, 0.5) is 11.6 Å². The van der Waals surface area contributed by atoms with Crippen molar-refractivity contribution in [3.8, 4) is 0 Å². The van der Waals surface area contributed by atoms with Gasteiger partial charge in [-0.15, -0.1) is 0 Å². The summed E-state index contributed by atoms with van der Waals surface area (Å²) in [6.07, 6.45) is 2.42. The molecule has 21 heavy (non-hydrogen) atoms. The van der Waals surface area contributed by atoms with Gasteiger partial charge in [-0.3, -0.25) is 0 Å². The van der Waals surface area contributed by atoms with E-state index in [0.29, 0.717) is 5.92 Å². The Hall–Kier alpha value is -0.970. The Morgan fingerprint density at radius 2 is 1.95 bits per heavy atom.